The molecule has 3 rings (SSSR count). The molecule has 0 unspecified atom stereocenters. The van der Waals surface area contributed by atoms with Crippen LogP contribution in [0, 0.1) is 0 Å². The van der Waals surface area contributed by atoms with E-state index in [1.165, 1.54) is 32.5 Å². The Hall–Kier alpha value is -1.29. The number of aromatic nitrogens is 2. The van der Waals surface area contributed by atoms with Gasteiger partial charge in [0.1, 0.15) is 5.01 Å². The molecule has 0 amide bonds. The Morgan fingerprint density at radius 1 is 1.33 bits per heavy atom. The molecule has 1 saturated heterocycles. The van der Waals surface area contributed by atoms with Crippen LogP contribution in [0.3, 0.4) is 0 Å². The van der Waals surface area contributed by atoms with E-state index in [9.17, 15) is 0 Å². The maximum absolute atomic E-state index is 5.34. The van der Waals surface area contributed by atoms with Crippen molar-refractivity contribution in [2.45, 2.75) is 18.6 Å². The third-order valence-electron chi connectivity index (χ3n) is 3.55. The molecule has 2 aromatic heterocycles. The van der Waals surface area contributed by atoms with Gasteiger partial charge in [0.2, 0.25) is 5.88 Å². The number of nitrogens with zero attached hydrogens (tertiary/aromatic N) is 2. The first kappa shape index (κ1) is 11.8. The SMILES string of the molecule is COc1ncc(C2CBBC2)cc1-c1nccs1. The van der Waals surface area contributed by atoms with Crippen LogP contribution in [0.15, 0.2) is 23.8 Å². The van der Waals surface area contributed by atoms with Crippen LogP contribution in [0.4, 0.5) is 0 Å². The van der Waals surface area contributed by atoms with Gasteiger partial charge in [0, 0.05) is 17.8 Å². The van der Waals surface area contributed by atoms with Gasteiger partial charge in [-0.25, -0.2) is 9.97 Å². The zero-order valence-corrected chi connectivity index (χ0v) is 11.2. The highest BCUT2D eigenvalue weighted by atomic mass is 32.1. The predicted molar refractivity (Wildman–Crippen MR) is 78.6 cm³/mol. The molecule has 1 aliphatic heterocycles. The average molecular weight is 256 g/mol. The summed E-state index contributed by atoms with van der Waals surface area (Å²) in [5.41, 5.74) is 2.36. The summed E-state index contributed by atoms with van der Waals surface area (Å²) < 4.78 is 5.34. The van der Waals surface area contributed by atoms with Gasteiger partial charge in [-0.1, -0.05) is 12.6 Å². The smallest absolute Gasteiger partial charge is 0.223 e. The highest BCUT2D eigenvalue weighted by Gasteiger charge is 2.21. The Morgan fingerprint density at radius 2 is 2.17 bits per heavy atom. The number of methoxy groups -OCH3 is 1. The van der Waals surface area contributed by atoms with E-state index in [2.05, 4.69) is 16.0 Å². The van der Waals surface area contributed by atoms with Crippen LogP contribution in [0.25, 0.3) is 10.6 Å². The van der Waals surface area contributed by atoms with Gasteiger partial charge in [0.25, 0.3) is 0 Å². The molecule has 0 aliphatic carbocycles. The maximum atomic E-state index is 5.34. The molecule has 0 atom stereocenters. The standard InChI is InChI=1S/C12H14B2N2OS/c1-17-11-10(12-15-2-3-18-12)4-8(7-16-11)9-5-13-14-6-9/h2-4,7,9,13-14H,5-6H2,1H3. The summed E-state index contributed by atoms with van der Waals surface area (Å²) in [4.78, 5) is 8.80. The van der Waals surface area contributed by atoms with Gasteiger partial charge in [-0.3, -0.25) is 0 Å². The second-order valence-electron chi connectivity index (χ2n) is 4.64. The first-order valence-corrected chi connectivity index (χ1v) is 7.20. The van der Waals surface area contributed by atoms with Crippen LogP contribution in [0.5, 0.6) is 5.88 Å². The zero-order chi connectivity index (χ0) is 12.4. The quantitative estimate of drug-likeness (QED) is 0.787. The summed E-state index contributed by atoms with van der Waals surface area (Å²) in [5, 5.41) is 2.97. The summed E-state index contributed by atoms with van der Waals surface area (Å²) in [6.45, 7) is 0. The van der Waals surface area contributed by atoms with E-state index >= 15 is 0 Å². The molecule has 0 bridgehead atoms. The molecule has 0 spiro atoms. The van der Waals surface area contributed by atoms with E-state index in [0.29, 0.717) is 11.8 Å². The molecule has 18 heavy (non-hydrogen) atoms. The van der Waals surface area contributed by atoms with E-state index in [0.717, 1.165) is 10.6 Å². The molecule has 3 heterocycles. The fourth-order valence-corrected chi connectivity index (χ4v) is 3.27. The minimum atomic E-state index is 0.669. The highest BCUT2D eigenvalue weighted by molar-refractivity contribution is 7.13. The van der Waals surface area contributed by atoms with Crippen LogP contribution >= 0.6 is 11.3 Å². The maximum Gasteiger partial charge on any atom is 0.223 e. The monoisotopic (exact) mass is 256 g/mol. The number of pyridine rings is 1. The van der Waals surface area contributed by atoms with Gasteiger partial charge in [-0.05, 0) is 17.5 Å². The minimum absolute atomic E-state index is 0.669. The van der Waals surface area contributed by atoms with E-state index in [4.69, 9.17) is 4.74 Å². The minimum Gasteiger partial charge on any atom is -0.480 e. The topological polar surface area (TPSA) is 35.0 Å². The summed E-state index contributed by atoms with van der Waals surface area (Å²) in [7, 11) is 4.33. The van der Waals surface area contributed by atoms with Crippen LogP contribution in [0.2, 0.25) is 12.6 Å². The third-order valence-corrected chi connectivity index (χ3v) is 4.36. The van der Waals surface area contributed by atoms with Gasteiger partial charge in [0.05, 0.1) is 27.0 Å². The van der Waals surface area contributed by atoms with Crippen LogP contribution in [-0.2, 0) is 0 Å². The molecule has 90 valence electrons. The van der Waals surface area contributed by atoms with E-state index in [1.54, 1.807) is 18.4 Å². The van der Waals surface area contributed by atoms with Gasteiger partial charge >= 0.3 is 0 Å². The van der Waals surface area contributed by atoms with Crippen molar-refractivity contribution in [2.75, 3.05) is 7.11 Å². The van der Waals surface area contributed by atoms with Crippen molar-refractivity contribution in [1.82, 2.24) is 9.97 Å². The Bertz CT molecular complexity index is 527. The molecule has 0 N–H and O–H groups in total. The van der Waals surface area contributed by atoms with Crippen molar-refractivity contribution in [3.63, 3.8) is 0 Å². The molecular weight excluding hydrogens is 242 g/mol. The van der Waals surface area contributed by atoms with Crippen LogP contribution in [-0.4, -0.2) is 31.4 Å². The Labute approximate surface area is 112 Å². The molecular formula is C12H14B2N2OS. The van der Waals surface area contributed by atoms with Gasteiger partial charge in [0.15, 0.2) is 0 Å². The molecule has 0 aromatic carbocycles. The third kappa shape index (κ3) is 2.17. The van der Waals surface area contributed by atoms with Crippen LogP contribution in [0.1, 0.15) is 11.5 Å². The van der Waals surface area contributed by atoms with Crippen LogP contribution < -0.4 is 4.74 Å². The lowest BCUT2D eigenvalue weighted by atomic mass is 9.43. The van der Waals surface area contributed by atoms with Crippen molar-refractivity contribution < 1.29 is 4.74 Å². The summed E-state index contributed by atoms with van der Waals surface area (Å²) >= 11 is 1.63. The lowest BCUT2D eigenvalue weighted by Gasteiger charge is -2.12. The molecule has 1 aliphatic rings. The second-order valence-corrected chi connectivity index (χ2v) is 5.54. The number of rotatable bonds is 3. The lowest BCUT2D eigenvalue weighted by molar-refractivity contribution is 0.399. The van der Waals surface area contributed by atoms with E-state index in [1.807, 2.05) is 17.8 Å². The van der Waals surface area contributed by atoms with Crippen molar-refractivity contribution in [3.05, 3.63) is 29.4 Å². The second kappa shape index (κ2) is 5.14. The normalized spacial score (nSPS) is 15.2. The molecule has 6 heteroatoms. The predicted octanol–water partition coefficient (Wildman–Crippen LogP) is 1.94. The Morgan fingerprint density at radius 3 is 2.83 bits per heavy atom. The summed E-state index contributed by atoms with van der Waals surface area (Å²) in [6, 6.07) is 2.21. The zero-order valence-electron chi connectivity index (χ0n) is 10.4. The Balaban J connectivity index is 2.01. The molecule has 2 aromatic rings. The van der Waals surface area contributed by atoms with Gasteiger partial charge in [-0.15, -0.1) is 11.3 Å². The number of hydrogen-bond acceptors (Lipinski definition) is 4. The Kier molecular flexibility index (Phi) is 3.37. The first-order valence-electron chi connectivity index (χ1n) is 6.32. The molecule has 0 saturated carbocycles. The van der Waals surface area contributed by atoms with Gasteiger partial charge < -0.3 is 4.74 Å². The number of ether oxygens (including phenoxy) is 1. The van der Waals surface area contributed by atoms with Gasteiger partial charge in [-0.2, -0.15) is 0 Å². The number of hydrogen-bond donors (Lipinski definition) is 0. The average Bonchev–Trinajstić information content (AvgIpc) is 3.11. The van der Waals surface area contributed by atoms with E-state index < -0.39 is 0 Å². The van der Waals surface area contributed by atoms with E-state index in [-0.39, 0.29) is 0 Å². The van der Waals surface area contributed by atoms with Crippen molar-refractivity contribution in [2.24, 2.45) is 0 Å². The molecule has 1 fully saturated rings. The largest absolute Gasteiger partial charge is 0.480 e. The fraction of sp³-hybridized carbons (Fsp3) is 0.333. The summed E-state index contributed by atoms with van der Waals surface area (Å²) in [6.07, 6.45) is 6.35. The van der Waals surface area contributed by atoms with Crippen molar-refractivity contribution >= 4 is 25.7 Å². The summed E-state index contributed by atoms with van der Waals surface area (Å²) in [5.74, 6) is 1.34. The number of thiazole rings is 1. The fourth-order valence-electron chi connectivity index (χ4n) is 2.62. The van der Waals surface area contributed by atoms with Crippen molar-refractivity contribution in [3.8, 4) is 16.5 Å². The highest BCUT2D eigenvalue weighted by Crippen LogP contribution is 2.35. The lowest BCUT2D eigenvalue weighted by Crippen LogP contribution is -1.97. The van der Waals surface area contributed by atoms with Crippen molar-refractivity contribution in [1.29, 1.82) is 0 Å². The first-order chi connectivity index (χ1) is 8.88. The molecule has 3 nitrogen and oxygen atoms in total. The molecule has 0 radical (unpaired) electrons.